The first-order valence-corrected chi connectivity index (χ1v) is 47.4. The van der Waals surface area contributed by atoms with E-state index in [1.165, 1.54) is 30.1 Å². The van der Waals surface area contributed by atoms with Gasteiger partial charge in [-0.05, 0) is 216 Å². The van der Waals surface area contributed by atoms with Crippen molar-refractivity contribution < 1.29 is 23.6 Å². The molecule has 0 radical (unpaired) electrons. The average molecular weight is 1980 g/mol. The van der Waals surface area contributed by atoms with E-state index in [4.69, 9.17) is 21.4 Å². The molecule has 0 spiro atoms. The van der Waals surface area contributed by atoms with Gasteiger partial charge < -0.3 is 78.4 Å². The Morgan fingerprint density at radius 2 is 0.923 bits per heavy atom. The summed E-state index contributed by atoms with van der Waals surface area (Å²) < 4.78 is 11.2. The van der Waals surface area contributed by atoms with Gasteiger partial charge in [-0.2, -0.15) is 20.5 Å². The zero-order valence-electron chi connectivity index (χ0n) is 83.0. The van der Waals surface area contributed by atoms with Crippen LogP contribution < -0.4 is 69.1 Å². The molecule has 1 aliphatic rings. The van der Waals surface area contributed by atoms with E-state index in [-0.39, 0.29) is 23.9 Å². The van der Waals surface area contributed by atoms with Gasteiger partial charge in [-0.3, -0.25) is 14.7 Å². The second-order valence-electron chi connectivity index (χ2n) is 30.1. The lowest BCUT2D eigenvalue weighted by atomic mass is 10.1. The maximum Gasteiger partial charge on any atom is 0.337 e. The number of hydrogen-bond acceptors (Lipinski definition) is 30. The molecule has 0 bridgehead atoms. The van der Waals surface area contributed by atoms with E-state index < -0.39 is 0 Å². The van der Waals surface area contributed by atoms with Crippen LogP contribution in [0.4, 0.5) is 62.9 Å². The Hall–Kier alpha value is -17.4. The number of aromatic amines is 1. The summed E-state index contributed by atoms with van der Waals surface area (Å²) in [5, 5.41) is 81.4. The van der Waals surface area contributed by atoms with Crippen LogP contribution in [0.15, 0.2) is 339 Å². The van der Waals surface area contributed by atoms with Crippen LogP contribution in [0.1, 0.15) is 66.4 Å². The van der Waals surface area contributed by atoms with Gasteiger partial charge in [0.05, 0.1) is 52.4 Å². The number of benzene rings is 12. The fourth-order valence-corrected chi connectivity index (χ4v) is 14.3. The number of esters is 1. The topological polar surface area (TPSA) is 415 Å². The van der Waals surface area contributed by atoms with Gasteiger partial charge in [-0.15, -0.1) is 32.9 Å². The van der Waals surface area contributed by atoms with E-state index in [9.17, 15) is 14.4 Å². The molecule has 18 rings (SSSR count). The van der Waals surface area contributed by atoms with Crippen molar-refractivity contribution in [3.05, 3.63) is 363 Å². The third-order valence-electron chi connectivity index (χ3n) is 20.5. The van der Waals surface area contributed by atoms with Gasteiger partial charge in [0.1, 0.15) is 6.34 Å². The average Bonchev–Trinajstić information content (AvgIpc) is 1.68. The molecular formula is C108H122ClN27O5S2. The number of nitrogens with one attached hydrogen (secondary N) is 14. The fourth-order valence-electron chi connectivity index (χ4n) is 12.9. The highest BCUT2D eigenvalue weighted by molar-refractivity contribution is 7.08. The number of azo groups is 1. The lowest BCUT2D eigenvalue weighted by Gasteiger charge is -2.05. The van der Waals surface area contributed by atoms with E-state index in [0.29, 0.717) is 39.1 Å². The number of amides is 2. The van der Waals surface area contributed by atoms with Crippen LogP contribution >= 0.6 is 34.3 Å². The minimum absolute atomic E-state index is 0.0629. The van der Waals surface area contributed by atoms with Gasteiger partial charge in [0.2, 0.25) is 5.82 Å². The second kappa shape index (κ2) is 61.7. The number of methoxy groups -OCH3 is 1. The molecule has 35 heteroatoms. The molecule has 12 aromatic carbocycles. The molecule has 5 aromatic heterocycles. The first-order valence-electron chi connectivity index (χ1n) is 45.1. The summed E-state index contributed by atoms with van der Waals surface area (Å²) in [6.45, 7) is 4.06. The number of nitriles is 1. The molecule has 2 amide bonds. The molecular weight excluding hydrogens is 1850 g/mol. The van der Waals surface area contributed by atoms with Crippen molar-refractivity contribution >= 4 is 121 Å². The van der Waals surface area contributed by atoms with Crippen molar-refractivity contribution in [2.45, 2.75) is 26.4 Å². The Kier molecular flexibility index (Phi) is 47.9. The van der Waals surface area contributed by atoms with E-state index in [2.05, 4.69) is 243 Å². The van der Waals surface area contributed by atoms with Crippen molar-refractivity contribution in [2.24, 2.45) is 22.3 Å². The maximum absolute atomic E-state index is 11.2. The SMILES string of the molecule is CCc1cc(Cl)cc(C(=O)OC)c1.CNC(=O)c1cccc(NC)c1.CNC(=O)c1cccc(NC)c1.CNc1cc(C)cc(-c2nnnn2C)c1.CNc1cccc(-c2ccccc2)c1.CNc1cccc(-c2ccn[nH]2)c1.CNc1cccc(-c2cscn2)c1.CNc1cccc(-c2cscn2)c1.CNc1cccc(-c2noc(NC)n2)c1.CNc1cccc(C#N)c1.CNc1cccc(C2N=CN=N2)c1. The predicted octanol–water partition coefficient (Wildman–Crippen LogP) is 23.0. The number of H-pyrrole nitrogens is 1. The monoisotopic (exact) mass is 1980 g/mol. The predicted molar refractivity (Wildman–Crippen MR) is 590 cm³/mol. The number of rotatable bonds is 22. The van der Waals surface area contributed by atoms with Crippen LogP contribution in [0, 0.1) is 18.3 Å². The lowest BCUT2D eigenvalue weighted by Crippen LogP contribution is -2.17. The molecule has 1 atom stereocenters. The van der Waals surface area contributed by atoms with Crippen molar-refractivity contribution in [1.82, 2.24) is 61.1 Å². The Morgan fingerprint density at radius 1 is 0.469 bits per heavy atom. The standard InChI is InChI=1S/C13H13N.C10H11ClO2.C10H13N5.C10H12N4O.C10H11N3.2C10H10N2S.C9H10N4.2C9H12N2O.C8H8N2/c1-14-13-9-5-8-12(10-13)11-6-3-2-4-7-11;1-3-7-4-8(10(12)13-2)6-9(11)5-7;1-7-4-8(6-9(5-7)11-2)10-12-13-14-15(10)3;1-11-8-5-3-4-7(6-8)9-13-10(12-2)15-14-9;1-11-9-4-2-3-8(7-9)10-5-6-12-13-10;2*1-11-9-4-2-3-8(5-9)10-6-13-7-12-10;1-10-8-4-2-3-7(5-8)9-11-6-12-13-9;2*1-10-8-5-3-4-7(6-8)9(12)11-2;1-10-8-4-2-3-7(5-8)6-9/h2-10,14H,1H3;4-6H,3H2,1-2H3;4-6,11H,1-3H3;3-6,11H,1-2H3,(H,12,13,14);2-7,11H,1H3,(H,12,13);2*2-7,11H,1H3;2-6,9-10H,1H3;2*3-6,10H,1-2H3,(H,11,12);2-5,10H,1H3. The maximum atomic E-state index is 11.2. The molecule has 0 saturated heterocycles. The Balaban J connectivity index is 0.000000193. The van der Waals surface area contributed by atoms with Crippen LogP contribution in [0.3, 0.4) is 0 Å². The third kappa shape index (κ3) is 37.4. The molecule has 143 heavy (non-hydrogen) atoms. The van der Waals surface area contributed by atoms with Crippen molar-refractivity contribution in [3.8, 4) is 73.7 Å². The third-order valence-corrected chi connectivity index (χ3v) is 21.9. The highest BCUT2D eigenvalue weighted by atomic mass is 35.5. The van der Waals surface area contributed by atoms with Crippen LogP contribution in [-0.2, 0) is 18.2 Å². The Labute approximate surface area is 848 Å². The molecule has 0 aliphatic carbocycles. The van der Waals surface area contributed by atoms with E-state index in [1.54, 1.807) is 103 Å². The van der Waals surface area contributed by atoms with Crippen molar-refractivity contribution in [3.63, 3.8) is 0 Å². The van der Waals surface area contributed by atoms with Gasteiger partial charge in [-0.25, -0.2) is 24.4 Å². The van der Waals surface area contributed by atoms with Crippen molar-refractivity contribution in [1.29, 1.82) is 5.26 Å². The van der Waals surface area contributed by atoms with Gasteiger partial charge in [-0.1, -0.05) is 145 Å². The van der Waals surface area contributed by atoms with Crippen LogP contribution in [0.2, 0.25) is 5.02 Å². The first-order chi connectivity index (χ1) is 69.6. The molecule has 0 saturated carbocycles. The number of aromatic nitrogens is 10. The molecule has 17 aromatic rings. The molecule has 1 unspecified atom stereocenters. The van der Waals surface area contributed by atoms with Crippen molar-refractivity contribution in [2.75, 3.05) is 157 Å². The number of anilines is 11. The number of halogens is 1. The van der Waals surface area contributed by atoms with E-state index >= 15 is 0 Å². The van der Waals surface area contributed by atoms with Gasteiger partial charge >= 0.3 is 12.0 Å². The fraction of sp³-hybridized carbons (Fsp3) is 0.176. The molecule has 738 valence electrons. The molecule has 1 aliphatic heterocycles. The molecule has 0 fully saturated rings. The van der Waals surface area contributed by atoms with Crippen LogP contribution in [0.5, 0.6) is 0 Å². The number of thiazole rings is 2. The smallest absolute Gasteiger partial charge is 0.337 e. The van der Waals surface area contributed by atoms with E-state index in [1.807, 2.05) is 254 Å². The van der Waals surface area contributed by atoms with Crippen LogP contribution in [0.25, 0.3) is 67.7 Å². The number of aryl methyl sites for hydroxylation is 3. The number of carbonyl (C=O) groups is 3. The Morgan fingerprint density at radius 3 is 1.37 bits per heavy atom. The summed E-state index contributed by atoms with van der Waals surface area (Å²) in [6, 6.07) is 97.1. The molecule has 6 heterocycles. The number of ether oxygens (including phenoxy) is 1. The minimum atomic E-state index is -0.350. The summed E-state index contributed by atoms with van der Waals surface area (Å²) in [5.41, 5.74) is 31.0. The number of nitrogens with zero attached hydrogens (tertiary/aromatic N) is 13. The highest BCUT2D eigenvalue weighted by Crippen LogP contribution is 2.30. The largest absolute Gasteiger partial charge is 0.465 e. The minimum Gasteiger partial charge on any atom is -0.465 e. The Bertz CT molecular complexity index is 6520. The number of tetrazole rings is 1. The quantitative estimate of drug-likeness (QED) is 0.0280. The molecule has 14 N–H and O–H groups in total. The first kappa shape index (κ1) is 111. The summed E-state index contributed by atoms with van der Waals surface area (Å²) in [6.07, 6.45) is 3.94. The second-order valence-corrected chi connectivity index (χ2v) is 31.9. The van der Waals surface area contributed by atoms with Gasteiger partial charge in [0.15, 0.2) is 12.0 Å². The number of hydrogen-bond donors (Lipinski definition) is 14. The summed E-state index contributed by atoms with van der Waals surface area (Å²) >= 11 is 9.05. The number of aliphatic imine (C=N–C) groups is 1. The number of carbonyl (C=O) groups excluding carboxylic acids is 3. The normalized spacial score (nSPS) is 10.6. The van der Waals surface area contributed by atoms with Crippen LogP contribution in [-0.4, -0.2) is 173 Å². The summed E-state index contributed by atoms with van der Waals surface area (Å²) in [7, 11) is 27.0. The van der Waals surface area contributed by atoms with Gasteiger partial charge in [0, 0.05) is 222 Å². The van der Waals surface area contributed by atoms with E-state index in [0.717, 1.165) is 125 Å². The molecule has 32 nitrogen and oxygen atoms in total. The van der Waals surface area contributed by atoms with Gasteiger partial charge in [0.25, 0.3) is 11.8 Å². The zero-order valence-corrected chi connectivity index (χ0v) is 85.4. The highest BCUT2D eigenvalue weighted by Gasteiger charge is 2.14. The lowest BCUT2D eigenvalue weighted by molar-refractivity contribution is 0.0600. The zero-order chi connectivity index (χ0) is 103. The summed E-state index contributed by atoms with van der Waals surface area (Å²) in [5.74, 6) is 0.878. The summed E-state index contributed by atoms with van der Waals surface area (Å²) in [4.78, 5) is 50.2.